The number of thioether (sulfide) groups is 1. The van der Waals surface area contributed by atoms with Gasteiger partial charge in [-0.15, -0.1) is 0 Å². The standard InChI is InChI=1S/C26H28ClFN2O3S2/c1-19-7-13-23(14-8-19)35(32,33)30(25-6-3-5-24(27)20(25)2)17-26(31)29-15-4-16-34-18-21-9-11-22(28)12-10-21/h3,5-14H,4,15-18H2,1-2H3,(H,29,31). The predicted molar refractivity (Wildman–Crippen MR) is 142 cm³/mol. The van der Waals surface area contributed by atoms with E-state index in [1.54, 1.807) is 61.2 Å². The van der Waals surface area contributed by atoms with Crippen molar-refractivity contribution in [3.8, 4) is 0 Å². The molecule has 0 saturated carbocycles. The van der Waals surface area contributed by atoms with Crippen LogP contribution in [-0.2, 0) is 20.6 Å². The lowest BCUT2D eigenvalue weighted by atomic mass is 10.2. The van der Waals surface area contributed by atoms with Crippen molar-refractivity contribution in [3.05, 3.63) is 94.3 Å². The number of amides is 1. The van der Waals surface area contributed by atoms with Gasteiger partial charge in [-0.2, -0.15) is 11.8 Å². The summed E-state index contributed by atoms with van der Waals surface area (Å²) in [6.45, 7) is 3.66. The van der Waals surface area contributed by atoms with Gasteiger partial charge in [-0.25, -0.2) is 12.8 Å². The van der Waals surface area contributed by atoms with E-state index in [2.05, 4.69) is 5.32 Å². The molecule has 1 N–H and O–H groups in total. The van der Waals surface area contributed by atoms with Gasteiger partial charge in [-0.1, -0.05) is 47.5 Å². The van der Waals surface area contributed by atoms with Crippen LogP contribution in [0, 0.1) is 19.7 Å². The minimum atomic E-state index is -4.00. The zero-order valence-electron chi connectivity index (χ0n) is 19.6. The molecule has 0 heterocycles. The lowest BCUT2D eigenvalue weighted by molar-refractivity contribution is -0.119. The molecule has 0 aliphatic rings. The summed E-state index contributed by atoms with van der Waals surface area (Å²) in [7, 11) is -4.00. The second kappa shape index (κ2) is 12.4. The fourth-order valence-electron chi connectivity index (χ4n) is 3.36. The van der Waals surface area contributed by atoms with E-state index in [-0.39, 0.29) is 17.3 Å². The minimum Gasteiger partial charge on any atom is -0.354 e. The quantitative estimate of drug-likeness (QED) is 0.319. The summed E-state index contributed by atoms with van der Waals surface area (Å²) in [6, 6.07) is 17.9. The van der Waals surface area contributed by atoms with Crippen LogP contribution in [0.25, 0.3) is 0 Å². The number of rotatable bonds is 11. The predicted octanol–water partition coefficient (Wildman–Crippen LogP) is 5.73. The number of hydrogen-bond acceptors (Lipinski definition) is 4. The first-order chi connectivity index (χ1) is 16.7. The molecule has 3 rings (SSSR count). The van der Waals surface area contributed by atoms with E-state index in [0.717, 1.165) is 33.4 Å². The highest BCUT2D eigenvalue weighted by Gasteiger charge is 2.28. The number of sulfonamides is 1. The van der Waals surface area contributed by atoms with Gasteiger partial charge in [-0.3, -0.25) is 9.10 Å². The van der Waals surface area contributed by atoms with Crippen LogP contribution < -0.4 is 9.62 Å². The maximum absolute atomic E-state index is 13.5. The average molecular weight is 535 g/mol. The Kier molecular flexibility index (Phi) is 9.60. The van der Waals surface area contributed by atoms with Crippen LogP contribution in [0.3, 0.4) is 0 Å². The van der Waals surface area contributed by atoms with Crippen LogP contribution in [0.4, 0.5) is 10.1 Å². The number of halogens is 2. The number of anilines is 1. The first kappa shape index (κ1) is 27.0. The molecule has 5 nitrogen and oxygen atoms in total. The van der Waals surface area contributed by atoms with Gasteiger partial charge >= 0.3 is 0 Å². The van der Waals surface area contributed by atoms with Gasteiger partial charge in [-0.05, 0) is 73.5 Å². The van der Waals surface area contributed by atoms with Crippen molar-refractivity contribution in [2.75, 3.05) is 23.1 Å². The average Bonchev–Trinajstić information content (AvgIpc) is 2.83. The number of nitrogens with zero attached hydrogens (tertiary/aromatic N) is 1. The Hall–Kier alpha value is -2.55. The molecular formula is C26H28ClFN2O3S2. The van der Waals surface area contributed by atoms with Gasteiger partial charge in [0.05, 0.1) is 10.6 Å². The molecule has 0 aliphatic carbocycles. The van der Waals surface area contributed by atoms with E-state index in [1.165, 1.54) is 24.3 Å². The topological polar surface area (TPSA) is 66.5 Å². The van der Waals surface area contributed by atoms with Gasteiger partial charge in [0, 0.05) is 17.3 Å². The molecular weight excluding hydrogens is 507 g/mol. The molecule has 0 spiro atoms. The van der Waals surface area contributed by atoms with E-state index in [9.17, 15) is 17.6 Å². The van der Waals surface area contributed by atoms with Crippen LogP contribution in [-0.4, -0.2) is 33.2 Å². The Morgan fingerprint density at radius 3 is 2.40 bits per heavy atom. The van der Waals surface area contributed by atoms with Crippen molar-refractivity contribution >= 4 is 45.0 Å². The van der Waals surface area contributed by atoms with Crippen LogP contribution in [0.5, 0.6) is 0 Å². The summed E-state index contributed by atoms with van der Waals surface area (Å²) < 4.78 is 41.1. The van der Waals surface area contributed by atoms with Crippen molar-refractivity contribution in [1.29, 1.82) is 0 Å². The Bertz CT molecular complexity index is 1250. The van der Waals surface area contributed by atoms with Crippen molar-refractivity contribution in [1.82, 2.24) is 5.32 Å². The number of nitrogens with one attached hydrogen (secondary N) is 1. The Morgan fingerprint density at radius 1 is 1.03 bits per heavy atom. The van der Waals surface area contributed by atoms with Gasteiger partial charge in [0.1, 0.15) is 12.4 Å². The van der Waals surface area contributed by atoms with E-state index in [4.69, 9.17) is 11.6 Å². The zero-order valence-corrected chi connectivity index (χ0v) is 22.0. The van der Waals surface area contributed by atoms with Crippen molar-refractivity contribution in [3.63, 3.8) is 0 Å². The summed E-state index contributed by atoms with van der Waals surface area (Å²) in [4.78, 5) is 12.9. The molecule has 0 aliphatic heterocycles. The molecule has 0 fully saturated rings. The Labute approximate surface area is 215 Å². The lowest BCUT2D eigenvalue weighted by Crippen LogP contribution is -2.41. The number of carbonyl (C=O) groups excluding carboxylic acids is 1. The molecule has 0 aromatic heterocycles. The molecule has 0 bridgehead atoms. The zero-order chi connectivity index (χ0) is 25.4. The Balaban J connectivity index is 1.63. The second-order valence-electron chi connectivity index (χ2n) is 8.09. The molecule has 3 aromatic rings. The molecule has 0 unspecified atom stereocenters. The summed E-state index contributed by atoms with van der Waals surface area (Å²) in [5, 5.41) is 3.24. The third kappa shape index (κ3) is 7.46. The number of benzene rings is 3. The van der Waals surface area contributed by atoms with Crippen LogP contribution in [0.15, 0.2) is 71.6 Å². The maximum atomic E-state index is 13.5. The summed E-state index contributed by atoms with van der Waals surface area (Å²) in [6.07, 6.45) is 0.721. The van der Waals surface area contributed by atoms with Gasteiger partial charge in [0.15, 0.2) is 0 Å². The number of carbonyl (C=O) groups is 1. The van der Waals surface area contributed by atoms with Crippen LogP contribution in [0.2, 0.25) is 5.02 Å². The first-order valence-corrected chi connectivity index (χ1v) is 14.1. The molecule has 0 saturated heterocycles. The third-order valence-electron chi connectivity index (χ3n) is 5.37. The SMILES string of the molecule is Cc1ccc(S(=O)(=O)N(CC(=O)NCCCSCc2ccc(F)cc2)c2cccc(Cl)c2C)cc1. The first-order valence-electron chi connectivity index (χ1n) is 11.1. The number of hydrogen-bond donors (Lipinski definition) is 1. The Morgan fingerprint density at radius 2 is 1.71 bits per heavy atom. The van der Waals surface area contributed by atoms with E-state index >= 15 is 0 Å². The van der Waals surface area contributed by atoms with Gasteiger partial charge in [0.2, 0.25) is 5.91 Å². The highest BCUT2D eigenvalue weighted by Crippen LogP contribution is 2.30. The molecule has 0 radical (unpaired) electrons. The normalized spacial score (nSPS) is 11.3. The van der Waals surface area contributed by atoms with Crippen molar-refractivity contribution in [2.45, 2.75) is 30.9 Å². The van der Waals surface area contributed by atoms with Crippen LogP contribution in [0.1, 0.15) is 23.1 Å². The fraction of sp³-hybridized carbons (Fsp3) is 0.269. The van der Waals surface area contributed by atoms with E-state index in [0.29, 0.717) is 22.8 Å². The minimum absolute atomic E-state index is 0.104. The lowest BCUT2D eigenvalue weighted by Gasteiger charge is -2.26. The highest BCUT2D eigenvalue weighted by molar-refractivity contribution is 7.98. The van der Waals surface area contributed by atoms with Crippen LogP contribution >= 0.6 is 23.4 Å². The van der Waals surface area contributed by atoms with Gasteiger partial charge in [0.25, 0.3) is 10.0 Å². The molecule has 1 amide bonds. The fourth-order valence-corrected chi connectivity index (χ4v) is 5.93. The van der Waals surface area contributed by atoms with Crippen molar-refractivity contribution < 1.29 is 17.6 Å². The van der Waals surface area contributed by atoms with Crippen molar-refractivity contribution in [2.24, 2.45) is 0 Å². The summed E-state index contributed by atoms with van der Waals surface area (Å²) in [5.74, 6) is 0.901. The second-order valence-corrected chi connectivity index (χ2v) is 11.5. The summed E-state index contributed by atoms with van der Waals surface area (Å²) in [5.41, 5.74) is 2.91. The molecule has 9 heteroatoms. The van der Waals surface area contributed by atoms with E-state index < -0.39 is 15.9 Å². The number of aryl methyl sites for hydroxylation is 1. The monoisotopic (exact) mass is 534 g/mol. The smallest absolute Gasteiger partial charge is 0.264 e. The third-order valence-corrected chi connectivity index (χ3v) is 8.67. The molecule has 0 atom stereocenters. The maximum Gasteiger partial charge on any atom is 0.264 e. The molecule has 186 valence electrons. The highest BCUT2D eigenvalue weighted by atomic mass is 35.5. The van der Waals surface area contributed by atoms with Gasteiger partial charge < -0.3 is 5.32 Å². The summed E-state index contributed by atoms with van der Waals surface area (Å²) >= 11 is 7.94. The van der Waals surface area contributed by atoms with E-state index in [1.807, 2.05) is 6.92 Å². The molecule has 35 heavy (non-hydrogen) atoms. The largest absolute Gasteiger partial charge is 0.354 e. The molecule has 3 aromatic carbocycles.